The first-order chi connectivity index (χ1) is 13.2. The summed E-state index contributed by atoms with van der Waals surface area (Å²) in [6, 6.07) is 18.7. The standard InChI is InChI=1S/C23H27N3O/c24-15-18-4-3-5-21(13-18)20-9-7-17(8-10-20)12-19(16-25)14-23(27)22-6-1-2-11-26-22/h3-5,7-10,13,19,22,26H,1-2,6,11-12,14-15,24H2/t19-,22+/m1/s1. The van der Waals surface area contributed by atoms with Gasteiger partial charge >= 0.3 is 0 Å². The molecule has 3 N–H and O–H groups in total. The summed E-state index contributed by atoms with van der Waals surface area (Å²) in [4.78, 5) is 12.4. The molecule has 1 aliphatic rings. The van der Waals surface area contributed by atoms with Crippen LogP contribution in [0.25, 0.3) is 11.1 Å². The van der Waals surface area contributed by atoms with Gasteiger partial charge in [0.05, 0.1) is 18.0 Å². The van der Waals surface area contributed by atoms with Crippen LogP contribution in [0.5, 0.6) is 0 Å². The second kappa shape index (κ2) is 9.45. The summed E-state index contributed by atoms with van der Waals surface area (Å²) in [7, 11) is 0. The predicted molar refractivity (Wildman–Crippen MR) is 108 cm³/mol. The zero-order chi connectivity index (χ0) is 19.1. The lowest BCUT2D eigenvalue weighted by Gasteiger charge is -2.23. The lowest BCUT2D eigenvalue weighted by atomic mass is 9.90. The number of nitrogens with zero attached hydrogens (tertiary/aromatic N) is 1. The number of hydrogen-bond donors (Lipinski definition) is 2. The first-order valence-corrected chi connectivity index (χ1v) is 9.73. The topological polar surface area (TPSA) is 78.9 Å². The Labute approximate surface area is 161 Å². The summed E-state index contributed by atoms with van der Waals surface area (Å²) in [5, 5.41) is 12.8. The van der Waals surface area contributed by atoms with Gasteiger partial charge in [-0.3, -0.25) is 4.79 Å². The highest BCUT2D eigenvalue weighted by Gasteiger charge is 2.23. The van der Waals surface area contributed by atoms with Crippen molar-refractivity contribution in [2.45, 2.75) is 44.7 Å². The molecule has 0 spiro atoms. The first-order valence-electron chi connectivity index (χ1n) is 9.73. The van der Waals surface area contributed by atoms with Crippen molar-refractivity contribution in [1.29, 1.82) is 5.26 Å². The van der Waals surface area contributed by atoms with Crippen molar-refractivity contribution >= 4 is 5.78 Å². The monoisotopic (exact) mass is 361 g/mol. The normalized spacial score (nSPS) is 17.9. The number of benzene rings is 2. The quantitative estimate of drug-likeness (QED) is 0.790. The fraction of sp³-hybridized carbons (Fsp3) is 0.391. The molecule has 1 aliphatic heterocycles. The molecule has 0 aliphatic carbocycles. The van der Waals surface area contributed by atoms with Crippen molar-refractivity contribution < 1.29 is 4.79 Å². The van der Waals surface area contributed by atoms with Crippen LogP contribution in [0.1, 0.15) is 36.8 Å². The van der Waals surface area contributed by atoms with Gasteiger partial charge in [-0.15, -0.1) is 0 Å². The molecule has 0 saturated carbocycles. The van der Waals surface area contributed by atoms with Crippen LogP contribution in [-0.2, 0) is 17.8 Å². The molecule has 4 heteroatoms. The van der Waals surface area contributed by atoms with Crippen LogP contribution in [-0.4, -0.2) is 18.4 Å². The van der Waals surface area contributed by atoms with Gasteiger partial charge in [-0.25, -0.2) is 0 Å². The molecule has 3 rings (SSSR count). The van der Waals surface area contributed by atoms with Gasteiger partial charge < -0.3 is 11.1 Å². The Balaban J connectivity index is 1.62. The van der Waals surface area contributed by atoms with E-state index < -0.39 is 0 Å². The Kier molecular flexibility index (Phi) is 6.75. The highest BCUT2D eigenvalue weighted by molar-refractivity contribution is 5.84. The number of carbonyl (C=O) groups is 1. The number of hydrogen-bond acceptors (Lipinski definition) is 4. The first kappa shape index (κ1) is 19.3. The zero-order valence-corrected chi connectivity index (χ0v) is 15.7. The number of ketones is 1. The predicted octanol–water partition coefficient (Wildman–Crippen LogP) is 3.60. The summed E-state index contributed by atoms with van der Waals surface area (Å²) < 4.78 is 0. The Bertz CT molecular complexity index is 801. The van der Waals surface area contributed by atoms with Gasteiger partial charge in [0.2, 0.25) is 0 Å². The van der Waals surface area contributed by atoms with Crippen LogP contribution in [0, 0.1) is 17.2 Å². The van der Waals surface area contributed by atoms with Crippen molar-refractivity contribution in [3.63, 3.8) is 0 Å². The van der Waals surface area contributed by atoms with E-state index in [4.69, 9.17) is 5.73 Å². The minimum atomic E-state index is -0.271. The van der Waals surface area contributed by atoms with Gasteiger partial charge in [-0.1, -0.05) is 48.9 Å². The van der Waals surface area contributed by atoms with E-state index in [0.29, 0.717) is 19.4 Å². The van der Waals surface area contributed by atoms with Gasteiger partial charge in [0.15, 0.2) is 5.78 Å². The van der Waals surface area contributed by atoms with Crippen molar-refractivity contribution in [2.24, 2.45) is 11.7 Å². The van der Waals surface area contributed by atoms with Gasteiger partial charge in [0.1, 0.15) is 0 Å². The van der Waals surface area contributed by atoms with Crippen LogP contribution in [0.3, 0.4) is 0 Å². The van der Waals surface area contributed by atoms with Crippen molar-refractivity contribution in [1.82, 2.24) is 5.32 Å². The molecule has 27 heavy (non-hydrogen) atoms. The number of piperidine rings is 1. The summed E-state index contributed by atoms with van der Waals surface area (Å²) in [6.45, 7) is 1.43. The van der Waals surface area contributed by atoms with Gasteiger partial charge in [0, 0.05) is 13.0 Å². The Morgan fingerprint density at radius 1 is 1.15 bits per heavy atom. The molecule has 0 amide bonds. The molecule has 4 nitrogen and oxygen atoms in total. The van der Waals surface area contributed by atoms with E-state index in [1.165, 1.54) is 0 Å². The van der Waals surface area contributed by atoms with E-state index in [-0.39, 0.29) is 17.7 Å². The number of nitrogens with two attached hydrogens (primary N) is 1. The number of carbonyl (C=O) groups excluding carboxylic acids is 1. The summed E-state index contributed by atoms with van der Waals surface area (Å²) >= 11 is 0. The van der Waals surface area contributed by atoms with Crippen LogP contribution < -0.4 is 11.1 Å². The number of rotatable bonds is 7. The molecule has 140 valence electrons. The summed E-state index contributed by atoms with van der Waals surface area (Å²) in [5.41, 5.74) is 10.2. The number of nitriles is 1. The molecular weight excluding hydrogens is 334 g/mol. The summed E-state index contributed by atoms with van der Waals surface area (Å²) in [6.07, 6.45) is 4.06. The second-order valence-corrected chi connectivity index (χ2v) is 7.30. The van der Waals surface area contributed by atoms with Gasteiger partial charge in [0.25, 0.3) is 0 Å². The van der Waals surface area contributed by atoms with E-state index in [1.807, 2.05) is 12.1 Å². The van der Waals surface area contributed by atoms with Crippen LogP contribution >= 0.6 is 0 Å². The SMILES string of the molecule is N#C[C@@H](CC(=O)[C@@H]1CCCCN1)Cc1ccc(-c2cccc(CN)c2)cc1. The molecule has 2 aromatic rings. The van der Waals surface area contributed by atoms with Gasteiger partial charge in [-0.05, 0) is 54.1 Å². The molecule has 0 radical (unpaired) electrons. The van der Waals surface area contributed by atoms with Crippen LogP contribution in [0.4, 0.5) is 0 Å². The van der Waals surface area contributed by atoms with E-state index in [2.05, 4.69) is 47.8 Å². The van der Waals surface area contributed by atoms with E-state index >= 15 is 0 Å². The maximum absolute atomic E-state index is 12.4. The fourth-order valence-corrected chi connectivity index (χ4v) is 3.67. The molecule has 1 fully saturated rings. The van der Waals surface area contributed by atoms with Crippen molar-refractivity contribution in [3.05, 3.63) is 59.7 Å². The lowest BCUT2D eigenvalue weighted by Crippen LogP contribution is -2.41. The average Bonchev–Trinajstić information content (AvgIpc) is 2.74. The maximum Gasteiger partial charge on any atom is 0.151 e. The lowest BCUT2D eigenvalue weighted by molar-refractivity contribution is -0.122. The van der Waals surface area contributed by atoms with Gasteiger partial charge in [-0.2, -0.15) is 5.26 Å². The van der Waals surface area contributed by atoms with E-state index in [0.717, 1.165) is 48.1 Å². The Hall–Kier alpha value is -2.48. The Morgan fingerprint density at radius 2 is 1.96 bits per heavy atom. The van der Waals surface area contributed by atoms with E-state index in [9.17, 15) is 10.1 Å². The fourth-order valence-electron chi connectivity index (χ4n) is 3.67. The number of nitrogens with one attached hydrogen (secondary N) is 1. The van der Waals surface area contributed by atoms with Crippen molar-refractivity contribution in [2.75, 3.05) is 6.54 Å². The zero-order valence-electron chi connectivity index (χ0n) is 15.7. The minimum Gasteiger partial charge on any atom is -0.326 e. The molecule has 2 atom stereocenters. The Morgan fingerprint density at radius 3 is 2.63 bits per heavy atom. The van der Waals surface area contributed by atoms with Crippen molar-refractivity contribution in [3.8, 4) is 17.2 Å². The third-order valence-electron chi connectivity index (χ3n) is 5.26. The maximum atomic E-state index is 12.4. The molecule has 1 heterocycles. The largest absolute Gasteiger partial charge is 0.326 e. The summed E-state index contributed by atoms with van der Waals surface area (Å²) in [5.74, 6) is -0.0934. The third-order valence-corrected chi connectivity index (χ3v) is 5.26. The molecule has 0 bridgehead atoms. The average molecular weight is 361 g/mol. The number of Topliss-reactive ketones (excluding diaryl/α,β-unsaturated/α-hetero) is 1. The third kappa shape index (κ3) is 5.26. The molecule has 1 saturated heterocycles. The minimum absolute atomic E-state index is 0.0632. The van der Waals surface area contributed by atoms with Crippen LogP contribution in [0.15, 0.2) is 48.5 Å². The van der Waals surface area contributed by atoms with E-state index in [1.54, 1.807) is 0 Å². The second-order valence-electron chi connectivity index (χ2n) is 7.30. The smallest absolute Gasteiger partial charge is 0.151 e. The van der Waals surface area contributed by atoms with Crippen LogP contribution in [0.2, 0.25) is 0 Å². The molecule has 0 unspecified atom stereocenters. The molecular formula is C23H27N3O. The molecule has 0 aromatic heterocycles. The highest BCUT2D eigenvalue weighted by atomic mass is 16.1. The molecule has 2 aromatic carbocycles. The highest BCUT2D eigenvalue weighted by Crippen LogP contribution is 2.23.